The van der Waals surface area contributed by atoms with Gasteiger partial charge >= 0.3 is 11.9 Å². The minimum Gasteiger partial charge on any atom is -0.478 e. The Hall–Kier alpha value is -2.00. The van der Waals surface area contributed by atoms with Gasteiger partial charge in [-0.1, -0.05) is 115 Å². The number of esters is 1. The molecule has 0 unspecified atom stereocenters. The molecule has 1 aromatic carbocycles. The number of aromatic carboxylic acids is 1. The van der Waals surface area contributed by atoms with E-state index in [1.807, 2.05) is 0 Å². The van der Waals surface area contributed by atoms with E-state index < -0.39 is 11.9 Å². The van der Waals surface area contributed by atoms with Crippen molar-refractivity contribution < 1.29 is 38.4 Å². The Morgan fingerprint density at radius 1 is 0.500 bits per heavy atom. The Labute approximate surface area is 254 Å². The van der Waals surface area contributed by atoms with E-state index in [-0.39, 0.29) is 24.3 Å². The van der Waals surface area contributed by atoms with Crippen molar-refractivity contribution in [3.63, 3.8) is 0 Å². The van der Waals surface area contributed by atoms with Crippen molar-refractivity contribution in [3.05, 3.63) is 35.4 Å². The summed E-state index contributed by atoms with van der Waals surface area (Å²) in [5.41, 5.74) is -0.0556. The van der Waals surface area contributed by atoms with Gasteiger partial charge in [-0.3, -0.25) is 0 Å². The lowest BCUT2D eigenvalue weighted by atomic mass is 10.0. The van der Waals surface area contributed by atoms with Gasteiger partial charge in [0.1, 0.15) is 6.61 Å². The van der Waals surface area contributed by atoms with Crippen LogP contribution in [-0.4, -0.2) is 76.5 Å². The fourth-order valence-corrected chi connectivity index (χ4v) is 4.63. The van der Waals surface area contributed by atoms with E-state index >= 15 is 0 Å². The van der Waals surface area contributed by atoms with Crippen LogP contribution in [-0.2, 0) is 23.7 Å². The highest BCUT2D eigenvalue weighted by Crippen LogP contribution is 2.14. The van der Waals surface area contributed by atoms with Crippen LogP contribution in [0.5, 0.6) is 0 Å². The van der Waals surface area contributed by atoms with Gasteiger partial charge in [-0.25, -0.2) is 9.59 Å². The first-order valence-electron chi connectivity index (χ1n) is 16.5. The summed E-state index contributed by atoms with van der Waals surface area (Å²) >= 11 is 0. The summed E-state index contributed by atoms with van der Waals surface area (Å²) in [6.45, 7) is 6.25. The summed E-state index contributed by atoms with van der Waals surface area (Å²) in [6, 6.07) is 5.95. The van der Waals surface area contributed by atoms with Crippen LogP contribution in [0, 0.1) is 0 Å². The lowest BCUT2D eigenvalue weighted by molar-refractivity contribution is -0.00917. The number of hydrogen-bond donors (Lipinski definition) is 1. The Balaban J connectivity index is 1.73. The number of benzene rings is 1. The Morgan fingerprint density at radius 3 is 1.29 bits per heavy atom. The van der Waals surface area contributed by atoms with E-state index in [0.717, 1.165) is 13.0 Å². The SMILES string of the molecule is CCCCCCCCCCCCCCCCCCOCCOCCOCCOCCOC(=O)c1ccccc1C(=O)O. The molecule has 42 heavy (non-hydrogen) atoms. The van der Waals surface area contributed by atoms with E-state index in [1.165, 1.54) is 108 Å². The van der Waals surface area contributed by atoms with Gasteiger partial charge in [-0.05, 0) is 18.6 Å². The van der Waals surface area contributed by atoms with Crippen LogP contribution in [0.4, 0.5) is 0 Å². The van der Waals surface area contributed by atoms with Gasteiger partial charge in [0.25, 0.3) is 0 Å². The average Bonchev–Trinajstić information content (AvgIpc) is 3.00. The maximum atomic E-state index is 12.0. The topological polar surface area (TPSA) is 101 Å². The highest BCUT2D eigenvalue weighted by molar-refractivity contribution is 6.02. The number of ether oxygens (including phenoxy) is 5. The number of carboxylic acid groups (broad SMARTS) is 1. The molecule has 0 saturated heterocycles. The highest BCUT2D eigenvalue weighted by atomic mass is 16.6. The number of carbonyl (C=O) groups is 2. The summed E-state index contributed by atoms with van der Waals surface area (Å²) in [5, 5.41) is 9.13. The van der Waals surface area contributed by atoms with Crippen molar-refractivity contribution in [1.82, 2.24) is 0 Å². The summed E-state index contributed by atoms with van der Waals surface area (Å²) < 4.78 is 27.1. The first-order chi connectivity index (χ1) is 20.7. The maximum Gasteiger partial charge on any atom is 0.339 e. The van der Waals surface area contributed by atoms with Crippen molar-refractivity contribution in [2.24, 2.45) is 0 Å². The summed E-state index contributed by atoms with van der Waals surface area (Å²) in [7, 11) is 0. The summed E-state index contributed by atoms with van der Waals surface area (Å²) in [4.78, 5) is 23.2. The van der Waals surface area contributed by atoms with E-state index in [2.05, 4.69) is 6.92 Å². The monoisotopic (exact) mass is 594 g/mol. The van der Waals surface area contributed by atoms with E-state index in [0.29, 0.717) is 39.6 Å². The first kappa shape index (κ1) is 38.0. The predicted octanol–water partition coefficient (Wildman–Crippen LogP) is 7.87. The first-order valence-corrected chi connectivity index (χ1v) is 16.5. The van der Waals surface area contributed by atoms with Crippen LogP contribution < -0.4 is 0 Å². The van der Waals surface area contributed by atoms with Gasteiger partial charge in [0.15, 0.2) is 0 Å². The number of rotatable bonds is 31. The lowest BCUT2D eigenvalue weighted by Gasteiger charge is -2.09. The molecular formula is C34H58O8. The lowest BCUT2D eigenvalue weighted by Crippen LogP contribution is -2.16. The molecular weight excluding hydrogens is 536 g/mol. The van der Waals surface area contributed by atoms with Crippen molar-refractivity contribution in [1.29, 1.82) is 0 Å². The molecule has 242 valence electrons. The number of carboxylic acids is 1. The minimum absolute atomic E-state index is 0.0268. The third-order valence-corrected chi connectivity index (χ3v) is 7.10. The Kier molecular flexibility index (Phi) is 26.3. The van der Waals surface area contributed by atoms with Crippen LogP contribution in [0.2, 0.25) is 0 Å². The molecule has 1 N–H and O–H groups in total. The molecule has 0 atom stereocenters. The van der Waals surface area contributed by atoms with Crippen molar-refractivity contribution >= 4 is 11.9 Å². The van der Waals surface area contributed by atoms with Crippen LogP contribution in [0.15, 0.2) is 24.3 Å². The van der Waals surface area contributed by atoms with Crippen molar-refractivity contribution in [3.8, 4) is 0 Å². The molecule has 0 aliphatic heterocycles. The van der Waals surface area contributed by atoms with Gasteiger partial charge in [-0.15, -0.1) is 0 Å². The van der Waals surface area contributed by atoms with Gasteiger partial charge < -0.3 is 28.8 Å². The molecule has 0 aromatic heterocycles. The molecule has 0 heterocycles. The van der Waals surface area contributed by atoms with Gasteiger partial charge in [0.05, 0.1) is 57.4 Å². The second-order valence-electron chi connectivity index (χ2n) is 10.7. The summed E-state index contributed by atoms with van der Waals surface area (Å²) in [6.07, 6.45) is 22.0. The molecule has 0 saturated carbocycles. The van der Waals surface area contributed by atoms with Crippen molar-refractivity contribution in [2.75, 3.05) is 59.5 Å². The molecule has 0 radical (unpaired) electrons. The fraction of sp³-hybridized carbons (Fsp3) is 0.765. The molecule has 1 rings (SSSR count). The smallest absolute Gasteiger partial charge is 0.339 e. The largest absolute Gasteiger partial charge is 0.478 e. The van der Waals surface area contributed by atoms with E-state index in [4.69, 9.17) is 28.8 Å². The number of hydrogen-bond acceptors (Lipinski definition) is 7. The molecule has 0 aliphatic carbocycles. The van der Waals surface area contributed by atoms with Crippen LogP contribution in [0.1, 0.15) is 130 Å². The normalized spacial score (nSPS) is 11.2. The predicted molar refractivity (Wildman–Crippen MR) is 167 cm³/mol. The Morgan fingerprint density at radius 2 is 0.857 bits per heavy atom. The molecule has 0 bridgehead atoms. The minimum atomic E-state index is -1.17. The molecule has 0 spiro atoms. The fourth-order valence-electron chi connectivity index (χ4n) is 4.63. The zero-order valence-electron chi connectivity index (χ0n) is 26.3. The second kappa shape index (κ2) is 29.1. The quantitative estimate of drug-likeness (QED) is 0.0685. The number of carbonyl (C=O) groups excluding carboxylic acids is 1. The maximum absolute atomic E-state index is 12.0. The third-order valence-electron chi connectivity index (χ3n) is 7.10. The molecule has 1 aromatic rings. The molecule has 8 nitrogen and oxygen atoms in total. The highest BCUT2D eigenvalue weighted by Gasteiger charge is 2.16. The second-order valence-corrected chi connectivity index (χ2v) is 10.7. The molecule has 0 fully saturated rings. The molecule has 0 aliphatic rings. The molecule has 0 amide bonds. The summed E-state index contributed by atoms with van der Waals surface area (Å²) in [5.74, 6) is -1.85. The van der Waals surface area contributed by atoms with Gasteiger partial charge in [-0.2, -0.15) is 0 Å². The molecule has 8 heteroatoms. The van der Waals surface area contributed by atoms with Crippen LogP contribution >= 0.6 is 0 Å². The standard InChI is InChI=1S/C34H58O8/c1-2-3-4-5-6-7-8-9-10-11-12-13-14-15-16-19-22-38-23-24-39-25-26-40-27-28-41-29-30-42-34(37)32-21-18-17-20-31(32)33(35)36/h17-18,20-21H,2-16,19,22-30H2,1H3,(H,35,36). The average molecular weight is 595 g/mol. The van der Waals surface area contributed by atoms with E-state index in [1.54, 1.807) is 12.1 Å². The Bertz CT molecular complexity index is 770. The third kappa shape index (κ3) is 22.6. The van der Waals surface area contributed by atoms with Gasteiger partial charge in [0.2, 0.25) is 0 Å². The number of unbranched alkanes of at least 4 members (excludes halogenated alkanes) is 15. The van der Waals surface area contributed by atoms with Gasteiger partial charge in [0, 0.05) is 6.61 Å². The zero-order chi connectivity index (χ0) is 30.4. The van der Waals surface area contributed by atoms with Crippen LogP contribution in [0.3, 0.4) is 0 Å². The van der Waals surface area contributed by atoms with Crippen molar-refractivity contribution in [2.45, 2.75) is 110 Å². The van der Waals surface area contributed by atoms with E-state index in [9.17, 15) is 9.59 Å². The zero-order valence-corrected chi connectivity index (χ0v) is 26.3. The van der Waals surface area contributed by atoms with Crippen LogP contribution in [0.25, 0.3) is 0 Å².